The summed E-state index contributed by atoms with van der Waals surface area (Å²) in [5.74, 6) is -2.41. The van der Waals surface area contributed by atoms with E-state index in [0.29, 0.717) is 37.9 Å². The Balaban J connectivity index is 2.12. The van der Waals surface area contributed by atoms with Gasteiger partial charge < -0.3 is 5.11 Å². The molecule has 0 saturated carbocycles. The molecule has 1 aliphatic heterocycles. The number of hydrogen-bond donors (Lipinski definition) is 1. The molecule has 3 nitrogen and oxygen atoms in total. The SMILES string of the molecule is CCC1(C(=O)O)CCN(C(C)c2cccc(F)c2F)CC1. The molecule has 0 bridgehead atoms. The molecular weight excluding hydrogens is 276 g/mol. The fourth-order valence-corrected chi connectivity index (χ4v) is 3.10. The first kappa shape index (κ1) is 15.9. The number of aliphatic carboxylic acids is 1. The zero-order chi connectivity index (χ0) is 15.6. The van der Waals surface area contributed by atoms with Crippen LogP contribution in [-0.4, -0.2) is 29.1 Å². The molecule has 1 aliphatic rings. The van der Waals surface area contributed by atoms with E-state index in [4.69, 9.17) is 0 Å². The van der Waals surface area contributed by atoms with Gasteiger partial charge in [-0.25, -0.2) is 8.78 Å². The molecule has 0 aromatic heterocycles. The zero-order valence-corrected chi connectivity index (χ0v) is 12.4. The van der Waals surface area contributed by atoms with Crippen LogP contribution in [0, 0.1) is 17.0 Å². The highest BCUT2D eigenvalue weighted by molar-refractivity contribution is 5.74. The predicted molar refractivity (Wildman–Crippen MR) is 75.9 cm³/mol. The second kappa shape index (κ2) is 6.10. The molecule has 1 atom stereocenters. The van der Waals surface area contributed by atoms with E-state index in [9.17, 15) is 18.7 Å². The molecular formula is C16H21F2NO2. The number of carbonyl (C=O) groups is 1. The second-order valence-corrected chi connectivity index (χ2v) is 5.79. The summed E-state index contributed by atoms with van der Waals surface area (Å²) >= 11 is 0. The van der Waals surface area contributed by atoms with E-state index in [-0.39, 0.29) is 6.04 Å². The average Bonchev–Trinajstić information content (AvgIpc) is 2.49. The number of carboxylic acids is 1. The monoisotopic (exact) mass is 297 g/mol. The lowest BCUT2D eigenvalue weighted by molar-refractivity contribution is -0.152. The van der Waals surface area contributed by atoms with Crippen molar-refractivity contribution in [1.82, 2.24) is 4.90 Å². The van der Waals surface area contributed by atoms with E-state index in [1.54, 1.807) is 6.07 Å². The van der Waals surface area contributed by atoms with Gasteiger partial charge in [0.2, 0.25) is 0 Å². The van der Waals surface area contributed by atoms with Crippen molar-refractivity contribution in [3.63, 3.8) is 0 Å². The number of nitrogens with zero attached hydrogens (tertiary/aromatic N) is 1. The fourth-order valence-electron chi connectivity index (χ4n) is 3.10. The van der Waals surface area contributed by atoms with Gasteiger partial charge in [-0.1, -0.05) is 19.1 Å². The van der Waals surface area contributed by atoms with Gasteiger partial charge in [0.05, 0.1) is 5.41 Å². The first-order valence-electron chi connectivity index (χ1n) is 7.32. The van der Waals surface area contributed by atoms with E-state index in [0.717, 1.165) is 6.07 Å². The third kappa shape index (κ3) is 2.93. The largest absolute Gasteiger partial charge is 0.481 e. The van der Waals surface area contributed by atoms with Crippen LogP contribution in [0.2, 0.25) is 0 Å². The van der Waals surface area contributed by atoms with Gasteiger partial charge >= 0.3 is 5.97 Å². The Hall–Kier alpha value is -1.49. The first-order chi connectivity index (χ1) is 9.91. The van der Waals surface area contributed by atoms with Crippen molar-refractivity contribution < 1.29 is 18.7 Å². The minimum Gasteiger partial charge on any atom is -0.481 e. The number of carboxylic acid groups (broad SMARTS) is 1. The van der Waals surface area contributed by atoms with Crippen molar-refractivity contribution in [3.05, 3.63) is 35.4 Å². The lowest BCUT2D eigenvalue weighted by Crippen LogP contribution is -2.45. The van der Waals surface area contributed by atoms with Crippen LogP contribution in [-0.2, 0) is 4.79 Å². The van der Waals surface area contributed by atoms with E-state index >= 15 is 0 Å². The predicted octanol–water partition coefficient (Wildman–Crippen LogP) is 3.60. The maximum Gasteiger partial charge on any atom is 0.309 e. The smallest absolute Gasteiger partial charge is 0.309 e. The van der Waals surface area contributed by atoms with E-state index in [1.807, 2.05) is 18.7 Å². The summed E-state index contributed by atoms with van der Waals surface area (Å²) in [5.41, 5.74) is -0.342. The Morgan fingerprint density at radius 3 is 2.52 bits per heavy atom. The quantitative estimate of drug-likeness (QED) is 0.923. The van der Waals surface area contributed by atoms with Crippen molar-refractivity contribution >= 4 is 5.97 Å². The highest BCUT2D eigenvalue weighted by Gasteiger charge is 2.40. The van der Waals surface area contributed by atoms with Crippen molar-refractivity contribution in [3.8, 4) is 0 Å². The number of hydrogen-bond acceptors (Lipinski definition) is 2. The van der Waals surface area contributed by atoms with Crippen LogP contribution in [0.4, 0.5) is 8.78 Å². The lowest BCUT2D eigenvalue weighted by Gasteiger charge is -2.41. The minimum atomic E-state index is -0.843. The Morgan fingerprint density at radius 2 is 2.00 bits per heavy atom. The molecule has 0 aliphatic carbocycles. The summed E-state index contributed by atoms with van der Waals surface area (Å²) in [6.45, 7) is 4.88. The Bertz CT molecular complexity index is 525. The molecule has 1 heterocycles. The van der Waals surface area contributed by atoms with Crippen LogP contribution in [0.3, 0.4) is 0 Å². The number of benzene rings is 1. The van der Waals surface area contributed by atoms with Crippen LogP contribution in [0.15, 0.2) is 18.2 Å². The van der Waals surface area contributed by atoms with E-state index in [1.165, 1.54) is 6.07 Å². The van der Waals surface area contributed by atoms with Gasteiger partial charge in [-0.15, -0.1) is 0 Å². The average molecular weight is 297 g/mol. The van der Waals surface area contributed by atoms with Crippen LogP contribution in [0.25, 0.3) is 0 Å². The zero-order valence-electron chi connectivity index (χ0n) is 12.4. The van der Waals surface area contributed by atoms with Crippen molar-refractivity contribution in [1.29, 1.82) is 0 Å². The van der Waals surface area contributed by atoms with Gasteiger partial charge in [0.1, 0.15) is 0 Å². The topological polar surface area (TPSA) is 40.5 Å². The van der Waals surface area contributed by atoms with Crippen LogP contribution in [0.5, 0.6) is 0 Å². The Labute approximate surface area is 123 Å². The number of likely N-dealkylation sites (tertiary alicyclic amines) is 1. The van der Waals surface area contributed by atoms with Gasteiger partial charge in [-0.3, -0.25) is 9.69 Å². The van der Waals surface area contributed by atoms with Gasteiger partial charge in [-0.2, -0.15) is 0 Å². The van der Waals surface area contributed by atoms with Crippen molar-refractivity contribution in [2.24, 2.45) is 5.41 Å². The highest BCUT2D eigenvalue weighted by atomic mass is 19.2. The Morgan fingerprint density at radius 1 is 1.38 bits per heavy atom. The van der Waals surface area contributed by atoms with Crippen LogP contribution in [0.1, 0.15) is 44.7 Å². The number of piperidine rings is 1. The third-order valence-electron chi connectivity index (χ3n) is 4.86. The minimum absolute atomic E-state index is 0.260. The maximum atomic E-state index is 13.9. The maximum absolute atomic E-state index is 13.9. The number of rotatable bonds is 4. The number of halogens is 2. The molecule has 21 heavy (non-hydrogen) atoms. The van der Waals surface area contributed by atoms with Crippen LogP contribution < -0.4 is 0 Å². The summed E-state index contributed by atoms with van der Waals surface area (Å²) in [7, 11) is 0. The standard InChI is InChI=1S/C16H21F2NO2/c1-3-16(15(20)21)7-9-19(10-8-16)11(2)12-5-4-6-13(17)14(12)18/h4-6,11H,3,7-10H2,1-2H3,(H,20,21). The summed E-state index contributed by atoms with van der Waals surface area (Å²) in [6, 6.07) is 3.93. The van der Waals surface area contributed by atoms with Gasteiger partial charge in [-0.05, 0) is 45.3 Å². The lowest BCUT2D eigenvalue weighted by atomic mass is 9.76. The molecule has 116 valence electrons. The molecule has 0 radical (unpaired) electrons. The molecule has 0 amide bonds. The van der Waals surface area contributed by atoms with E-state index < -0.39 is 23.0 Å². The summed E-state index contributed by atoms with van der Waals surface area (Å²) in [5, 5.41) is 9.38. The molecule has 1 unspecified atom stereocenters. The molecule has 2 rings (SSSR count). The third-order valence-corrected chi connectivity index (χ3v) is 4.86. The molecule has 1 aromatic rings. The molecule has 5 heteroatoms. The molecule has 1 N–H and O–H groups in total. The summed E-state index contributed by atoms with van der Waals surface area (Å²) < 4.78 is 27.2. The fraction of sp³-hybridized carbons (Fsp3) is 0.562. The summed E-state index contributed by atoms with van der Waals surface area (Å²) in [4.78, 5) is 13.4. The van der Waals surface area contributed by atoms with Crippen LogP contribution >= 0.6 is 0 Å². The Kier molecular flexibility index (Phi) is 4.61. The molecule has 0 spiro atoms. The van der Waals surface area contributed by atoms with Gasteiger partial charge in [0, 0.05) is 11.6 Å². The van der Waals surface area contributed by atoms with Gasteiger partial charge in [0.15, 0.2) is 11.6 Å². The van der Waals surface area contributed by atoms with E-state index in [2.05, 4.69) is 0 Å². The molecule has 1 saturated heterocycles. The van der Waals surface area contributed by atoms with Crippen molar-refractivity contribution in [2.45, 2.75) is 39.2 Å². The molecule has 1 fully saturated rings. The molecule has 1 aromatic carbocycles. The second-order valence-electron chi connectivity index (χ2n) is 5.79. The summed E-state index contributed by atoms with van der Waals surface area (Å²) in [6.07, 6.45) is 1.68. The van der Waals surface area contributed by atoms with Gasteiger partial charge in [0.25, 0.3) is 0 Å². The van der Waals surface area contributed by atoms with Crippen molar-refractivity contribution in [2.75, 3.05) is 13.1 Å². The highest BCUT2D eigenvalue weighted by Crippen LogP contribution is 2.38. The normalized spacial score (nSPS) is 20.2. The first-order valence-corrected chi connectivity index (χ1v) is 7.32.